The van der Waals surface area contributed by atoms with Crippen molar-refractivity contribution < 1.29 is 28.7 Å². The lowest BCUT2D eigenvalue weighted by molar-refractivity contribution is -0.119. The molecule has 6 rings (SSSR count). The molecule has 2 saturated heterocycles. The second-order valence-electron chi connectivity index (χ2n) is 11.6. The Morgan fingerprint density at radius 3 is 1.86 bits per heavy atom. The highest BCUT2D eigenvalue weighted by Crippen LogP contribution is 2.25. The fourth-order valence-corrected chi connectivity index (χ4v) is 6.73. The maximum atomic E-state index is 11.6. The molecule has 0 aliphatic carbocycles. The molecule has 2 fully saturated rings. The van der Waals surface area contributed by atoms with Crippen molar-refractivity contribution in [1.82, 2.24) is 20.6 Å². The summed E-state index contributed by atoms with van der Waals surface area (Å²) < 4.78 is 11.5. The van der Waals surface area contributed by atoms with Gasteiger partial charge in [0.05, 0.1) is 23.7 Å². The van der Waals surface area contributed by atoms with E-state index < -0.39 is 0 Å². The number of nitrogens with zero attached hydrogens (tertiary/aromatic N) is 3. The van der Waals surface area contributed by atoms with Crippen LogP contribution in [0, 0.1) is 0 Å². The van der Waals surface area contributed by atoms with Gasteiger partial charge in [-0.05, 0) is 71.8 Å². The largest absolute Gasteiger partial charge is 0.493 e. The summed E-state index contributed by atoms with van der Waals surface area (Å²) in [5, 5.41) is 3.41. The van der Waals surface area contributed by atoms with Gasteiger partial charge in [-0.3, -0.25) is 34.8 Å². The number of carbonyl (C=O) groups is 4. The van der Waals surface area contributed by atoms with Crippen LogP contribution in [0.2, 0.25) is 0 Å². The highest BCUT2D eigenvalue weighted by molar-refractivity contribution is 8.15. The van der Waals surface area contributed by atoms with Crippen molar-refractivity contribution in [3.63, 3.8) is 0 Å². The number of hydrogen-bond acceptors (Lipinski definition) is 11. The minimum Gasteiger partial charge on any atom is -0.493 e. The highest BCUT2D eigenvalue weighted by Gasteiger charge is 2.32. The van der Waals surface area contributed by atoms with Crippen LogP contribution >= 0.6 is 23.5 Å². The molecule has 260 valence electrons. The number of benzene rings is 2. The molecule has 0 saturated carbocycles. The lowest BCUT2D eigenvalue weighted by Crippen LogP contribution is -2.25. The Labute approximate surface area is 299 Å². The molecule has 2 atom stereocenters. The first-order valence-corrected chi connectivity index (χ1v) is 18.0. The SMILES string of the molecule is CCc1ccc(CCOc2ccc(CC3SC(=O)NC3=O)cc2)nc1.CN(COCc1ccc(CC2SC(=O)NC2=O)cc1)c1ccccn1. The molecule has 2 aromatic carbocycles. The zero-order chi connectivity index (χ0) is 35.3. The number of hydrogen-bond donors (Lipinski definition) is 2. The van der Waals surface area contributed by atoms with Gasteiger partial charge in [-0.15, -0.1) is 0 Å². The number of aryl methyl sites for hydroxylation is 1. The number of anilines is 1. The Bertz CT molecular complexity index is 1740. The Morgan fingerprint density at radius 2 is 1.34 bits per heavy atom. The van der Waals surface area contributed by atoms with Gasteiger partial charge in [0, 0.05) is 31.6 Å². The van der Waals surface area contributed by atoms with Gasteiger partial charge < -0.3 is 14.4 Å². The zero-order valence-electron chi connectivity index (χ0n) is 27.9. The second-order valence-corrected chi connectivity index (χ2v) is 14.0. The fraction of sp³-hybridized carbons (Fsp3) is 0.297. The summed E-state index contributed by atoms with van der Waals surface area (Å²) in [5.41, 5.74) is 5.33. The minimum absolute atomic E-state index is 0.208. The van der Waals surface area contributed by atoms with Gasteiger partial charge in [-0.1, -0.05) is 79.0 Å². The maximum absolute atomic E-state index is 11.6. The van der Waals surface area contributed by atoms with E-state index in [2.05, 4.69) is 33.6 Å². The standard InChI is InChI=1S/C19H20N2O3S.C18H19N3O3S/c1-2-13-3-6-15(20-12-13)9-10-24-16-7-4-14(5-8-16)11-17-18(22)21-19(23)25-17;1-21(16-4-2-3-9-19-16)12-24-11-14-7-5-13(6-8-14)10-15-17(22)20-18(23)25-15/h3-8,12,17H,2,9-11H2,1H3,(H,21,22,23);2-9,15H,10-12H2,1H3,(H,20,22,23). The first kappa shape index (κ1) is 36.6. The van der Waals surface area contributed by atoms with E-state index in [4.69, 9.17) is 9.47 Å². The van der Waals surface area contributed by atoms with E-state index in [-0.39, 0.29) is 32.8 Å². The molecular formula is C37H39N5O6S2. The quantitative estimate of drug-likeness (QED) is 0.155. The molecule has 11 nitrogen and oxygen atoms in total. The van der Waals surface area contributed by atoms with E-state index in [0.29, 0.717) is 32.8 Å². The Kier molecular flexibility index (Phi) is 13.4. The van der Waals surface area contributed by atoms with Crippen molar-refractivity contribution in [1.29, 1.82) is 0 Å². The van der Waals surface area contributed by atoms with Crippen LogP contribution in [0.4, 0.5) is 15.4 Å². The van der Waals surface area contributed by atoms with E-state index in [9.17, 15) is 19.2 Å². The van der Waals surface area contributed by atoms with Gasteiger partial charge in [0.2, 0.25) is 11.8 Å². The van der Waals surface area contributed by atoms with Gasteiger partial charge in [0.25, 0.3) is 10.5 Å². The molecule has 2 aromatic heterocycles. The molecular weight excluding hydrogens is 675 g/mol. The molecule has 0 spiro atoms. The highest BCUT2D eigenvalue weighted by atomic mass is 32.2. The second kappa shape index (κ2) is 18.3. The number of aromatic nitrogens is 2. The average Bonchev–Trinajstić information content (AvgIpc) is 3.63. The number of amides is 4. The van der Waals surface area contributed by atoms with Gasteiger partial charge in [0.1, 0.15) is 18.3 Å². The van der Waals surface area contributed by atoms with E-state index >= 15 is 0 Å². The Morgan fingerprint density at radius 1 is 0.740 bits per heavy atom. The Hall–Kier alpha value is -4.72. The summed E-state index contributed by atoms with van der Waals surface area (Å²) in [4.78, 5) is 56.2. The van der Waals surface area contributed by atoms with Crippen LogP contribution in [0.1, 0.15) is 34.9 Å². The molecule has 4 amide bonds. The number of rotatable bonds is 14. The van der Waals surface area contributed by atoms with Crippen molar-refractivity contribution in [2.45, 2.75) is 49.7 Å². The molecule has 50 heavy (non-hydrogen) atoms. The van der Waals surface area contributed by atoms with Crippen LogP contribution in [-0.2, 0) is 46.6 Å². The Balaban J connectivity index is 0.000000194. The number of imide groups is 2. The monoisotopic (exact) mass is 713 g/mol. The van der Waals surface area contributed by atoms with Crippen LogP contribution < -0.4 is 20.3 Å². The summed E-state index contributed by atoms with van der Waals surface area (Å²) in [6.45, 7) is 3.61. The van der Waals surface area contributed by atoms with Crippen LogP contribution in [-0.4, -0.2) is 63.1 Å². The average molecular weight is 714 g/mol. The molecule has 4 aromatic rings. The number of nitrogens with one attached hydrogen (secondary N) is 2. The van der Waals surface area contributed by atoms with E-state index in [1.54, 1.807) is 6.20 Å². The first-order chi connectivity index (χ1) is 24.2. The third-order valence-corrected chi connectivity index (χ3v) is 9.80. The first-order valence-electron chi connectivity index (χ1n) is 16.2. The van der Waals surface area contributed by atoms with E-state index in [1.165, 1.54) is 5.56 Å². The van der Waals surface area contributed by atoms with Crippen molar-refractivity contribution in [2.75, 3.05) is 25.3 Å². The van der Waals surface area contributed by atoms with Gasteiger partial charge in [-0.25, -0.2) is 4.98 Å². The van der Waals surface area contributed by atoms with Crippen molar-refractivity contribution in [3.05, 3.63) is 119 Å². The van der Waals surface area contributed by atoms with E-state index in [0.717, 1.165) is 70.3 Å². The van der Waals surface area contributed by atoms with Gasteiger partial charge >= 0.3 is 0 Å². The molecule has 2 aliphatic rings. The van der Waals surface area contributed by atoms with Crippen molar-refractivity contribution >= 4 is 51.6 Å². The summed E-state index contributed by atoms with van der Waals surface area (Å²) in [6.07, 6.45) is 6.49. The molecule has 2 unspecified atom stereocenters. The minimum atomic E-state index is -0.337. The smallest absolute Gasteiger partial charge is 0.286 e. The third kappa shape index (κ3) is 11.2. The van der Waals surface area contributed by atoms with E-state index in [1.807, 2.05) is 90.9 Å². The van der Waals surface area contributed by atoms with Crippen LogP contribution in [0.25, 0.3) is 0 Å². The number of thioether (sulfide) groups is 2. The summed E-state index contributed by atoms with van der Waals surface area (Å²) in [7, 11) is 1.93. The van der Waals surface area contributed by atoms with Gasteiger partial charge in [0.15, 0.2) is 0 Å². The van der Waals surface area contributed by atoms with Gasteiger partial charge in [-0.2, -0.15) is 0 Å². The summed E-state index contributed by atoms with van der Waals surface area (Å²) in [6, 6.07) is 25.4. The van der Waals surface area contributed by atoms with Crippen molar-refractivity contribution in [3.8, 4) is 5.75 Å². The molecule has 0 bridgehead atoms. The van der Waals surface area contributed by atoms with Crippen LogP contribution in [0.5, 0.6) is 5.75 Å². The maximum Gasteiger partial charge on any atom is 0.286 e. The predicted octanol–water partition coefficient (Wildman–Crippen LogP) is 5.75. The lowest BCUT2D eigenvalue weighted by Gasteiger charge is -2.17. The summed E-state index contributed by atoms with van der Waals surface area (Å²) >= 11 is 2.10. The molecule has 0 radical (unpaired) electrons. The third-order valence-electron chi connectivity index (χ3n) is 7.84. The predicted molar refractivity (Wildman–Crippen MR) is 195 cm³/mol. The van der Waals surface area contributed by atoms with Crippen LogP contribution in [0.15, 0.2) is 91.3 Å². The molecule has 4 heterocycles. The lowest BCUT2D eigenvalue weighted by atomic mass is 10.1. The molecule has 13 heteroatoms. The van der Waals surface area contributed by atoms with Crippen molar-refractivity contribution in [2.24, 2.45) is 0 Å². The number of carbonyl (C=O) groups excluding carboxylic acids is 4. The number of ether oxygens (including phenoxy) is 2. The topological polar surface area (TPSA) is 140 Å². The van der Waals surface area contributed by atoms with Crippen LogP contribution in [0.3, 0.4) is 0 Å². The zero-order valence-corrected chi connectivity index (χ0v) is 29.5. The molecule has 2 N–H and O–H groups in total. The normalized spacial score (nSPS) is 16.8. The summed E-state index contributed by atoms with van der Waals surface area (Å²) in [5.74, 6) is 1.23. The number of pyridine rings is 2. The molecule has 2 aliphatic heterocycles. The fourth-order valence-electron chi connectivity index (χ4n) is 5.01.